The molecule has 0 amide bonds. The van der Waals surface area contributed by atoms with Crippen LogP contribution in [0.25, 0.3) is 0 Å². The van der Waals surface area contributed by atoms with Crippen molar-refractivity contribution in [3.63, 3.8) is 0 Å². The molecule has 4 nitrogen and oxygen atoms in total. The van der Waals surface area contributed by atoms with Gasteiger partial charge in [0.2, 0.25) is 0 Å². The number of hydrogen-bond donors (Lipinski definition) is 1. The summed E-state index contributed by atoms with van der Waals surface area (Å²) in [7, 11) is 2.13. The highest BCUT2D eigenvalue weighted by Gasteiger charge is 2.32. The van der Waals surface area contributed by atoms with Gasteiger partial charge in [-0.25, -0.2) is 0 Å². The van der Waals surface area contributed by atoms with Crippen molar-refractivity contribution in [2.24, 2.45) is 5.73 Å². The highest BCUT2D eigenvalue weighted by Crippen LogP contribution is 2.34. The number of rotatable bonds is 8. The summed E-state index contributed by atoms with van der Waals surface area (Å²) in [4.78, 5) is 2.29. The van der Waals surface area contributed by atoms with Gasteiger partial charge in [0.15, 0.2) is 0 Å². The fourth-order valence-electron chi connectivity index (χ4n) is 2.96. The first-order valence-electron chi connectivity index (χ1n) is 8.40. The number of nitrogens with zero attached hydrogens (tertiary/aromatic N) is 1. The lowest BCUT2D eigenvalue weighted by Crippen LogP contribution is -2.40. The van der Waals surface area contributed by atoms with E-state index in [-0.39, 0.29) is 5.41 Å². The van der Waals surface area contributed by atoms with Gasteiger partial charge in [-0.2, -0.15) is 0 Å². The zero-order chi connectivity index (χ0) is 15.8. The quantitative estimate of drug-likeness (QED) is 0.749. The third-order valence-corrected chi connectivity index (χ3v) is 4.80. The van der Waals surface area contributed by atoms with E-state index in [2.05, 4.69) is 43.1 Å². The predicted octanol–water partition coefficient (Wildman–Crippen LogP) is 2.41. The molecule has 1 fully saturated rings. The maximum atomic E-state index is 6.06. The standard InChI is InChI=1S/C18H30N2O2/c1-3-20(2)11-4-12-22-17-7-5-16(6-8-17)18(15-19)9-13-21-14-10-18/h5-8H,3-4,9-15,19H2,1-2H3. The maximum absolute atomic E-state index is 6.06. The molecule has 2 rings (SSSR count). The van der Waals surface area contributed by atoms with Gasteiger partial charge in [0.05, 0.1) is 6.61 Å². The fourth-order valence-corrected chi connectivity index (χ4v) is 2.96. The number of benzene rings is 1. The van der Waals surface area contributed by atoms with Crippen LogP contribution in [0.15, 0.2) is 24.3 Å². The summed E-state index contributed by atoms with van der Waals surface area (Å²) in [6.45, 7) is 7.38. The van der Waals surface area contributed by atoms with Crippen LogP contribution in [-0.2, 0) is 10.2 Å². The predicted molar refractivity (Wildman–Crippen MR) is 90.5 cm³/mol. The van der Waals surface area contributed by atoms with Crippen molar-refractivity contribution in [1.29, 1.82) is 0 Å². The van der Waals surface area contributed by atoms with E-state index in [0.717, 1.165) is 57.9 Å². The summed E-state index contributed by atoms with van der Waals surface area (Å²) in [5, 5.41) is 0. The lowest BCUT2D eigenvalue weighted by Gasteiger charge is -2.36. The Labute approximate surface area is 134 Å². The minimum absolute atomic E-state index is 0.0839. The molecule has 1 heterocycles. The van der Waals surface area contributed by atoms with Gasteiger partial charge in [0.25, 0.3) is 0 Å². The smallest absolute Gasteiger partial charge is 0.119 e. The van der Waals surface area contributed by atoms with Crippen LogP contribution in [0.2, 0.25) is 0 Å². The summed E-state index contributed by atoms with van der Waals surface area (Å²) in [6.07, 6.45) is 3.07. The minimum Gasteiger partial charge on any atom is -0.494 e. The minimum atomic E-state index is 0.0839. The van der Waals surface area contributed by atoms with Crippen molar-refractivity contribution in [3.8, 4) is 5.75 Å². The zero-order valence-corrected chi connectivity index (χ0v) is 14.0. The van der Waals surface area contributed by atoms with E-state index >= 15 is 0 Å². The fraction of sp³-hybridized carbons (Fsp3) is 0.667. The molecule has 124 valence electrons. The Balaban J connectivity index is 1.87. The molecule has 1 saturated heterocycles. The Morgan fingerprint density at radius 2 is 1.91 bits per heavy atom. The molecule has 4 heteroatoms. The van der Waals surface area contributed by atoms with Crippen LogP contribution in [0, 0.1) is 0 Å². The van der Waals surface area contributed by atoms with Crippen LogP contribution in [-0.4, -0.2) is 51.4 Å². The van der Waals surface area contributed by atoms with E-state index in [1.807, 2.05) is 0 Å². The molecule has 0 aromatic heterocycles. The largest absolute Gasteiger partial charge is 0.494 e. The lowest BCUT2D eigenvalue weighted by molar-refractivity contribution is 0.0529. The van der Waals surface area contributed by atoms with E-state index < -0.39 is 0 Å². The molecule has 0 bridgehead atoms. The summed E-state index contributed by atoms with van der Waals surface area (Å²) in [6, 6.07) is 8.49. The first-order valence-corrected chi connectivity index (χ1v) is 8.40. The van der Waals surface area contributed by atoms with Gasteiger partial charge in [-0.05, 0) is 50.6 Å². The molecular formula is C18H30N2O2. The molecule has 22 heavy (non-hydrogen) atoms. The van der Waals surface area contributed by atoms with Crippen LogP contribution >= 0.6 is 0 Å². The van der Waals surface area contributed by atoms with Gasteiger partial charge >= 0.3 is 0 Å². The second-order valence-electron chi connectivity index (χ2n) is 6.22. The summed E-state index contributed by atoms with van der Waals surface area (Å²) in [5.74, 6) is 0.946. The van der Waals surface area contributed by atoms with E-state index in [1.165, 1.54) is 5.56 Å². The molecule has 0 spiro atoms. The van der Waals surface area contributed by atoms with Gasteiger partial charge in [0, 0.05) is 31.7 Å². The number of nitrogens with two attached hydrogens (primary N) is 1. The SMILES string of the molecule is CCN(C)CCCOc1ccc(C2(CN)CCOCC2)cc1. The molecule has 0 aliphatic carbocycles. The average molecular weight is 306 g/mol. The Morgan fingerprint density at radius 3 is 2.50 bits per heavy atom. The summed E-state index contributed by atoms with van der Waals surface area (Å²) in [5.41, 5.74) is 7.46. The molecule has 0 atom stereocenters. The summed E-state index contributed by atoms with van der Waals surface area (Å²) >= 11 is 0. The Hall–Kier alpha value is -1.10. The van der Waals surface area contributed by atoms with Crippen LogP contribution in [0.5, 0.6) is 5.75 Å². The first-order chi connectivity index (χ1) is 10.7. The Morgan fingerprint density at radius 1 is 1.23 bits per heavy atom. The second-order valence-corrected chi connectivity index (χ2v) is 6.22. The third kappa shape index (κ3) is 4.45. The van der Waals surface area contributed by atoms with Crippen LogP contribution < -0.4 is 10.5 Å². The molecule has 1 aliphatic heterocycles. The molecule has 1 aromatic carbocycles. The van der Waals surface area contributed by atoms with Crippen molar-refractivity contribution in [2.45, 2.75) is 31.6 Å². The van der Waals surface area contributed by atoms with Crippen molar-refractivity contribution < 1.29 is 9.47 Å². The Kier molecular flexibility index (Phi) is 6.68. The zero-order valence-electron chi connectivity index (χ0n) is 14.0. The third-order valence-electron chi connectivity index (χ3n) is 4.80. The monoisotopic (exact) mass is 306 g/mol. The van der Waals surface area contributed by atoms with E-state index in [9.17, 15) is 0 Å². The molecule has 0 unspecified atom stereocenters. The molecule has 0 radical (unpaired) electrons. The van der Waals surface area contributed by atoms with Gasteiger partial charge < -0.3 is 20.1 Å². The van der Waals surface area contributed by atoms with Crippen molar-refractivity contribution in [1.82, 2.24) is 4.90 Å². The van der Waals surface area contributed by atoms with Gasteiger partial charge in [-0.1, -0.05) is 19.1 Å². The molecular weight excluding hydrogens is 276 g/mol. The molecule has 0 saturated carbocycles. The maximum Gasteiger partial charge on any atom is 0.119 e. The second kappa shape index (κ2) is 8.51. The highest BCUT2D eigenvalue weighted by atomic mass is 16.5. The van der Waals surface area contributed by atoms with Crippen LogP contribution in [0.3, 0.4) is 0 Å². The number of hydrogen-bond acceptors (Lipinski definition) is 4. The van der Waals surface area contributed by atoms with Gasteiger partial charge in [-0.15, -0.1) is 0 Å². The van der Waals surface area contributed by atoms with Gasteiger partial charge in [0.1, 0.15) is 5.75 Å². The van der Waals surface area contributed by atoms with Crippen LogP contribution in [0.4, 0.5) is 0 Å². The molecule has 1 aliphatic rings. The first kappa shape index (κ1) is 17.3. The highest BCUT2D eigenvalue weighted by molar-refractivity contribution is 5.33. The van der Waals surface area contributed by atoms with Gasteiger partial charge in [-0.3, -0.25) is 0 Å². The normalized spacial score (nSPS) is 17.6. The van der Waals surface area contributed by atoms with Crippen molar-refractivity contribution in [3.05, 3.63) is 29.8 Å². The summed E-state index contributed by atoms with van der Waals surface area (Å²) < 4.78 is 11.3. The van der Waals surface area contributed by atoms with Crippen molar-refractivity contribution >= 4 is 0 Å². The van der Waals surface area contributed by atoms with E-state index in [1.54, 1.807) is 0 Å². The van der Waals surface area contributed by atoms with Crippen LogP contribution in [0.1, 0.15) is 31.7 Å². The molecule has 1 aromatic rings. The van der Waals surface area contributed by atoms with E-state index in [4.69, 9.17) is 15.2 Å². The van der Waals surface area contributed by atoms with Crippen molar-refractivity contribution in [2.75, 3.05) is 46.5 Å². The molecule has 2 N–H and O–H groups in total. The number of ether oxygens (including phenoxy) is 2. The lowest BCUT2D eigenvalue weighted by atomic mass is 9.74. The Bertz CT molecular complexity index is 427. The topological polar surface area (TPSA) is 47.7 Å². The van der Waals surface area contributed by atoms with E-state index in [0.29, 0.717) is 6.54 Å². The average Bonchev–Trinajstić information content (AvgIpc) is 2.59.